The van der Waals surface area contributed by atoms with Crippen molar-refractivity contribution in [3.8, 4) is 0 Å². The van der Waals surface area contributed by atoms with E-state index in [0.29, 0.717) is 25.2 Å². The molecular formula is C15H24N3O2+. The van der Waals surface area contributed by atoms with E-state index in [-0.39, 0.29) is 11.9 Å². The van der Waals surface area contributed by atoms with Crippen LogP contribution in [0.15, 0.2) is 0 Å². The van der Waals surface area contributed by atoms with Gasteiger partial charge >= 0.3 is 6.03 Å². The second-order valence-corrected chi connectivity index (χ2v) is 7.47. The molecule has 0 atom stereocenters. The third-order valence-electron chi connectivity index (χ3n) is 5.95. The van der Waals surface area contributed by atoms with Crippen LogP contribution in [0.4, 0.5) is 4.79 Å². The number of carbonyl (C=O) groups excluding carboxylic acids is 2. The zero-order chi connectivity index (χ0) is 13.7. The van der Waals surface area contributed by atoms with Gasteiger partial charge in [0.15, 0.2) is 6.54 Å². The lowest BCUT2D eigenvalue weighted by molar-refractivity contribution is -0.730. The third-order valence-corrected chi connectivity index (χ3v) is 5.95. The summed E-state index contributed by atoms with van der Waals surface area (Å²) in [6, 6.07) is -0.214. The minimum absolute atomic E-state index is 0.0178. The molecule has 4 bridgehead atoms. The quantitative estimate of drug-likeness (QED) is 0.767. The second kappa shape index (κ2) is 4.45. The summed E-state index contributed by atoms with van der Waals surface area (Å²) in [6.45, 7) is 1.58. The molecule has 5 fully saturated rings. The average molecular weight is 278 g/mol. The van der Waals surface area contributed by atoms with E-state index in [1.54, 1.807) is 0 Å². The molecule has 0 spiro atoms. The first-order chi connectivity index (χ1) is 9.63. The van der Waals surface area contributed by atoms with Gasteiger partial charge in [0, 0.05) is 32.4 Å². The molecule has 0 aromatic carbocycles. The molecular weight excluding hydrogens is 254 g/mol. The van der Waals surface area contributed by atoms with Crippen LogP contribution in [0.1, 0.15) is 38.5 Å². The van der Waals surface area contributed by atoms with Gasteiger partial charge in [0.25, 0.3) is 5.91 Å². The Morgan fingerprint density at radius 3 is 2.30 bits per heavy atom. The Hall–Kier alpha value is -1.10. The Kier molecular flexibility index (Phi) is 2.81. The number of rotatable bonds is 3. The van der Waals surface area contributed by atoms with Crippen molar-refractivity contribution in [3.05, 3.63) is 0 Å². The molecule has 4 aliphatic carbocycles. The van der Waals surface area contributed by atoms with E-state index in [1.165, 1.54) is 43.4 Å². The molecule has 1 aliphatic heterocycles. The highest BCUT2D eigenvalue weighted by atomic mass is 16.2. The minimum atomic E-state index is -0.214. The van der Waals surface area contributed by atoms with Gasteiger partial charge in [0.05, 0.1) is 5.54 Å². The van der Waals surface area contributed by atoms with E-state index >= 15 is 0 Å². The van der Waals surface area contributed by atoms with E-state index in [2.05, 4.69) is 10.6 Å². The number of quaternary nitrogens is 1. The number of carbonyl (C=O) groups is 2. The van der Waals surface area contributed by atoms with Gasteiger partial charge in [-0.05, 0) is 37.0 Å². The summed E-state index contributed by atoms with van der Waals surface area (Å²) >= 11 is 0. The molecule has 0 aromatic heterocycles. The summed E-state index contributed by atoms with van der Waals surface area (Å²) in [4.78, 5) is 25.1. The summed E-state index contributed by atoms with van der Waals surface area (Å²) in [5, 5.41) is 4.98. The lowest BCUT2D eigenvalue weighted by Crippen LogP contribution is -3.00. The molecule has 0 aromatic rings. The largest absolute Gasteiger partial charge is 0.336 e. The molecule has 5 heteroatoms. The van der Waals surface area contributed by atoms with Crippen LogP contribution in [0, 0.1) is 17.8 Å². The summed E-state index contributed by atoms with van der Waals surface area (Å²) < 4.78 is 0. The van der Waals surface area contributed by atoms with Crippen molar-refractivity contribution in [2.45, 2.75) is 44.1 Å². The maximum absolute atomic E-state index is 12.2. The second-order valence-electron chi connectivity index (χ2n) is 7.47. The molecule has 1 heterocycles. The lowest BCUT2D eigenvalue weighted by atomic mass is 9.53. The Labute approximate surface area is 119 Å². The Balaban J connectivity index is 1.39. The monoisotopic (exact) mass is 278 g/mol. The highest BCUT2D eigenvalue weighted by Crippen LogP contribution is 2.54. The van der Waals surface area contributed by atoms with Gasteiger partial charge in [-0.1, -0.05) is 0 Å². The maximum Gasteiger partial charge on any atom is 0.324 e. The maximum atomic E-state index is 12.2. The number of nitrogens with one attached hydrogen (secondary N) is 1. The van der Waals surface area contributed by atoms with Gasteiger partial charge in [-0.25, -0.2) is 4.79 Å². The molecule has 110 valence electrons. The Bertz CT molecular complexity index is 413. The predicted octanol–water partition coefficient (Wildman–Crippen LogP) is 0.0704. The molecule has 3 N–H and O–H groups in total. The van der Waals surface area contributed by atoms with Gasteiger partial charge < -0.3 is 10.6 Å². The minimum Gasteiger partial charge on any atom is -0.336 e. The van der Waals surface area contributed by atoms with Gasteiger partial charge in [-0.2, -0.15) is 0 Å². The van der Waals surface area contributed by atoms with Crippen molar-refractivity contribution >= 4 is 11.9 Å². The molecule has 5 nitrogen and oxygen atoms in total. The number of nitrogens with zero attached hydrogens (tertiary/aromatic N) is 1. The fraction of sp³-hybridized carbons (Fsp3) is 0.867. The molecule has 5 rings (SSSR count). The molecule has 3 amide bonds. The van der Waals surface area contributed by atoms with Gasteiger partial charge in [-0.3, -0.25) is 9.69 Å². The molecule has 20 heavy (non-hydrogen) atoms. The van der Waals surface area contributed by atoms with Gasteiger partial charge in [0.1, 0.15) is 0 Å². The average Bonchev–Trinajstić information content (AvgIpc) is 2.81. The van der Waals surface area contributed by atoms with Crippen LogP contribution < -0.4 is 10.6 Å². The SMILES string of the molecule is O=C(C[NH2+]C12CC3CC(CC(C3)C1)C2)N1CCNC1=O. The Morgan fingerprint density at radius 1 is 1.20 bits per heavy atom. The van der Waals surface area contributed by atoms with Crippen molar-refractivity contribution in [1.29, 1.82) is 0 Å². The predicted molar refractivity (Wildman–Crippen MR) is 72.8 cm³/mol. The summed E-state index contributed by atoms with van der Waals surface area (Å²) in [5.74, 6) is 2.70. The van der Waals surface area contributed by atoms with Gasteiger partial charge in [0.2, 0.25) is 0 Å². The first-order valence-electron chi connectivity index (χ1n) is 8.06. The lowest BCUT2D eigenvalue weighted by Gasteiger charge is -2.54. The third kappa shape index (κ3) is 2.03. The normalized spacial score (nSPS) is 42.1. The zero-order valence-corrected chi connectivity index (χ0v) is 11.9. The molecule has 0 radical (unpaired) electrons. The number of nitrogens with two attached hydrogens (primary N) is 1. The summed E-state index contributed by atoms with van der Waals surface area (Å²) in [6.07, 6.45) is 8.15. The van der Waals surface area contributed by atoms with Crippen LogP contribution in [-0.2, 0) is 4.79 Å². The highest BCUT2D eigenvalue weighted by molar-refractivity contribution is 5.96. The van der Waals surface area contributed by atoms with Crippen LogP contribution in [0.5, 0.6) is 0 Å². The van der Waals surface area contributed by atoms with Crippen molar-refractivity contribution in [2.75, 3.05) is 19.6 Å². The van der Waals surface area contributed by atoms with Crippen LogP contribution in [0.3, 0.4) is 0 Å². The van der Waals surface area contributed by atoms with Crippen LogP contribution >= 0.6 is 0 Å². The van der Waals surface area contributed by atoms with E-state index < -0.39 is 0 Å². The van der Waals surface area contributed by atoms with Crippen molar-refractivity contribution in [3.63, 3.8) is 0 Å². The first-order valence-corrected chi connectivity index (χ1v) is 8.06. The number of amides is 3. The highest BCUT2D eigenvalue weighted by Gasteiger charge is 2.53. The van der Waals surface area contributed by atoms with E-state index in [0.717, 1.165) is 17.8 Å². The van der Waals surface area contributed by atoms with E-state index in [4.69, 9.17) is 0 Å². The number of hydrogen-bond donors (Lipinski definition) is 2. The Morgan fingerprint density at radius 2 is 1.80 bits per heavy atom. The van der Waals surface area contributed by atoms with Crippen LogP contribution in [0.2, 0.25) is 0 Å². The summed E-state index contributed by atoms with van der Waals surface area (Å²) in [7, 11) is 0. The van der Waals surface area contributed by atoms with E-state index in [9.17, 15) is 9.59 Å². The molecule has 4 saturated carbocycles. The topological polar surface area (TPSA) is 66.0 Å². The van der Waals surface area contributed by atoms with Crippen molar-refractivity contribution in [1.82, 2.24) is 10.2 Å². The van der Waals surface area contributed by atoms with Crippen LogP contribution in [0.25, 0.3) is 0 Å². The van der Waals surface area contributed by atoms with Crippen molar-refractivity contribution < 1.29 is 14.9 Å². The molecule has 1 saturated heterocycles. The standard InChI is InChI=1S/C15H23N3O2/c19-13(18-2-1-16-14(18)20)9-17-15-6-10-3-11(7-15)5-12(4-10)8-15/h10-12,17H,1-9H2,(H,16,20)/p+1. The zero-order valence-electron chi connectivity index (χ0n) is 11.9. The molecule has 0 unspecified atom stereocenters. The number of urea groups is 1. The fourth-order valence-electron chi connectivity index (χ4n) is 5.55. The van der Waals surface area contributed by atoms with Crippen molar-refractivity contribution in [2.24, 2.45) is 17.8 Å². The van der Waals surface area contributed by atoms with E-state index in [1.807, 2.05) is 0 Å². The van der Waals surface area contributed by atoms with Gasteiger partial charge in [-0.15, -0.1) is 0 Å². The summed E-state index contributed by atoms with van der Waals surface area (Å²) in [5.41, 5.74) is 0.320. The number of hydrogen-bond acceptors (Lipinski definition) is 2. The fourth-order valence-corrected chi connectivity index (χ4v) is 5.55. The van der Waals surface area contributed by atoms with Crippen LogP contribution in [-0.4, -0.2) is 42.0 Å². The first kappa shape index (κ1) is 12.6. The number of imide groups is 1. The smallest absolute Gasteiger partial charge is 0.324 e. The molecule has 5 aliphatic rings.